The molecule has 0 saturated heterocycles. The van der Waals surface area contributed by atoms with Crippen molar-refractivity contribution >= 4 is 42.4 Å². The van der Waals surface area contributed by atoms with E-state index in [4.69, 9.17) is 16.6 Å². The van der Waals surface area contributed by atoms with Crippen LogP contribution in [0, 0.1) is 0 Å². The highest BCUT2D eigenvalue weighted by molar-refractivity contribution is 6.06. The van der Waals surface area contributed by atoms with E-state index in [1.54, 1.807) is 19.1 Å². The minimum atomic E-state index is -1.83. The Hall–Kier alpha value is -1.11. The third kappa shape index (κ3) is 8.58. The van der Waals surface area contributed by atoms with Crippen molar-refractivity contribution in [2.24, 2.45) is 16.5 Å². The summed E-state index contributed by atoms with van der Waals surface area (Å²) in [6, 6.07) is 0. The lowest BCUT2D eigenvalue weighted by Gasteiger charge is -2.19. The second-order valence-electron chi connectivity index (χ2n) is 3.82. The summed E-state index contributed by atoms with van der Waals surface area (Å²) in [4.78, 5) is 25.9. The molecule has 0 radical (unpaired) electrons. The smallest absolute Gasteiger partial charge is 0.331 e. The van der Waals surface area contributed by atoms with Crippen LogP contribution in [0.3, 0.4) is 0 Å². The number of aliphatic carboxylic acids is 1. The van der Waals surface area contributed by atoms with Crippen LogP contribution in [0.15, 0.2) is 17.1 Å². The lowest BCUT2D eigenvalue weighted by Crippen LogP contribution is -2.53. The van der Waals surface area contributed by atoms with Gasteiger partial charge in [0.05, 0.1) is 5.84 Å². The van der Waals surface area contributed by atoms with Crippen LogP contribution < -0.4 is 11.5 Å². The van der Waals surface area contributed by atoms with Gasteiger partial charge in [-0.25, -0.2) is 4.79 Å². The maximum absolute atomic E-state index is 11.1. The van der Waals surface area contributed by atoms with Crippen molar-refractivity contribution in [1.29, 1.82) is 0 Å². The second-order valence-corrected chi connectivity index (χ2v) is 3.82. The van der Waals surface area contributed by atoms with Crippen LogP contribution in [0.4, 0.5) is 0 Å². The predicted molar refractivity (Wildman–Crippen MR) is 80.3 cm³/mol. The van der Waals surface area contributed by atoms with Gasteiger partial charge >= 0.3 is 5.97 Å². The minimum absolute atomic E-state index is 0. The zero-order chi connectivity index (χ0) is 13.5. The highest BCUT2D eigenvalue weighted by atomic mass is 35.5. The number of aliphatic imine (C=N–C) groups is 1. The molecule has 0 bridgehead atoms. The third-order valence-corrected chi connectivity index (χ3v) is 2.27. The fraction of sp³-hybridized carbons (Fsp3) is 0.545. The van der Waals surface area contributed by atoms with E-state index in [9.17, 15) is 9.59 Å². The van der Waals surface area contributed by atoms with E-state index >= 15 is 0 Å². The summed E-state index contributed by atoms with van der Waals surface area (Å²) in [7, 11) is 0. The van der Waals surface area contributed by atoms with E-state index < -0.39 is 17.3 Å². The van der Waals surface area contributed by atoms with Gasteiger partial charge in [-0.05, 0) is 20.3 Å². The Bertz CT molecular complexity index is 339. The molecular formula is C11H21Cl2N3O3. The quantitative estimate of drug-likeness (QED) is 0.212. The second kappa shape index (κ2) is 10.8. The predicted octanol–water partition coefficient (Wildman–Crippen LogP) is 0.915. The monoisotopic (exact) mass is 313 g/mol. The number of amidine groups is 1. The summed E-state index contributed by atoms with van der Waals surface area (Å²) in [6.45, 7) is 3.39. The van der Waals surface area contributed by atoms with Crippen LogP contribution in [0.1, 0.15) is 26.7 Å². The van der Waals surface area contributed by atoms with E-state index in [0.29, 0.717) is 18.8 Å². The Balaban J connectivity index is -0.00000128. The van der Waals surface area contributed by atoms with Crippen molar-refractivity contribution < 1.29 is 14.7 Å². The van der Waals surface area contributed by atoms with Crippen LogP contribution in [0.5, 0.6) is 0 Å². The zero-order valence-electron chi connectivity index (χ0n) is 11.0. The summed E-state index contributed by atoms with van der Waals surface area (Å²) in [5.74, 6) is -1.38. The molecule has 0 unspecified atom stereocenters. The van der Waals surface area contributed by atoms with E-state index in [2.05, 4.69) is 4.99 Å². The van der Waals surface area contributed by atoms with Crippen LogP contribution in [-0.4, -0.2) is 34.8 Å². The molecule has 19 heavy (non-hydrogen) atoms. The Kier molecular flexibility index (Phi) is 13.1. The highest BCUT2D eigenvalue weighted by Crippen LogP contribution is 2.10. The van der Waals surface area contributed by atoms with Gasteiger partial charge in [0, 0.05) is 13.0 Å². The van der Waals surface area contributed by atoms with Gasteiger partial charge in [-0.1, -0.05) is 12.2 Å². The summed E-state index contributed by atoms with van der Waals surface area (Å²) >= 11 is 0. The van der Waals surface area contributed by atoms with Crippen molar-refractivity contribution in [1.82, 2.24) is 0 Å². The van der Waals surface area contributed by atoms with E-state index in [1.807, 2.05) is 0 Å². The molecule has 5 N–H and O–H groups in total. The van der Waals surface area contributed by atoms with E-state index in [1.165, 1.54) is 6.92 Å². The molecule has 8 heteroatoms. The fourth-order valence-corrected chi connectivity index (χ4v) is 1.08. The molecule has 0 aromatic rings. The standard InChI is InChI=1S/C11H19N3O3.2ClH/c1-8(15)11(13,10(16)17)6-4-3-5-7-14-9(2)12;;/h3-4H,5-7,13H2,1-2H3,(H2,12,14)(H,16,17);2*1H/b4-3-;;/t11-;;/m1../s1. The van der Waals surface area contributed by atoms with Gasteiger partial charge in [-0.3, -0.25) is 9.79 Å². The number of hydrogen-bond donors (Lipinski definition) is 3. The molecule has 0 aliphatic carbocycles. The molecule has 0 amide bonds. The van der Waals surface area contributed by atoms with Gasteiger partial charge in [0.25, 0.3) is 0 Å². The first-order chi connectivity index (χ1) is 7.80. The van der Waals surface area contributed by atoms with Crippen molar-refractivity contribution in [3.63, 3.8) is 0 Å². The van der Waals surface area contributed by atoms with Crippen molar-refractivity contribution in [2.75, 3.05) is 6.54 Å². The summed E-state index contributed by atoms with van der Waals surface area (Å²) in [6.07, 6.45) is 3.92. The summed E-state index contributed by atoms with van der Waals surface area (Å²) in [5.41, 5.74) is 9.01. The first-order valence-corrected chi connectivity index (χ1v) is 5.25. The van der Waals surface area contributed by atoms with Gasteiger partial charge in [-0.2, -0.15) is 0 Å². The topological polar surface area (TPSA) is 119 Å². The first kappa shape index (κ1) is 23.0. The van der Waals surface area contributed by atoms with Gasteiger partial charge in [0.1, 0.15) is 0 Å². The van der Waals surface area contributed by atoms with Crippen LogP contribution >= 0.6 is 24.8 Å². The SMILES string of the molecule is CC(=O)[C@](N)(C/C=C\CCN=C(C)N)C(=O)O.Cl.Cl. The van der Waals surface area contributed by atoms with Crippen LogP contribution in [0.2, 0.25) is 0 Å². The molecule has 0 fully saturated rings. The molecule has 0 heterocycles. The van der Waals surface area contributed by atoms with Crippen molar-refractivity contribution in [2.45, 2.75) is 32.2 Å². The van der Waals surface area contributed by atoms with Gasteiger partial charge < -0.3 is 16.6 Å². The van der Waals surface area contributed by atoms with Crippen molar-refractivity contribution in [3.05, 3.63) is 12.2 Å². The van der Waals surface area contributed by atoms with Crippen LogP contribution in [0.25, 0.3) is 0 Å². The lowest BCUT2D eigenvalue weighted by molar-refractivity contribution is -0.147. The van der Waals surface area contributed by atoms with E-state index in [0.717, 1.165) is 0 Å². The van der Waals surface area contributed by atoms with Crippen LogP contribution in [-0.2, 0) is 9.59 Å². The first-order valence-electron chi connectivity index (χ1n) is 5.25. The molecule has 0 aromatic carbocycles. The number of ketones is 1. The summed E-state index contributed by atoms with van der Waals surface area (Å²) in [5, 5.41) is 8.86. The molecule has 6 nitrogen and oxygen atoms in total. The molecule has 112 valence electrons. The number of rotatable bonds is 7. The third-order valence-electron chi connectivity index (χ3n) is 2.27. The number of hydrogen-bond acceptors (Lipinski definition) is 4. The Labute approximate surface area is 125 Å². The molecule has 0 aliphatic heterocycles. The Morgan fingerprint density at radius 3 is 2.16 bits per heavy atom. The maximum atomic E-state index is 11.1. The molecule has 0 spiro atoms. The number of carboxylic acid groups (broad SMARTS) is 1. The molecule has 0 aliphatic rings. The van der Waals surface area contributed by atoms with Gasteiger partial charge in [-0.15, -0.1) is 24.8 Å². The number of nitrogens with two attached hydrogens (primary N) is 2. The largest absolute Gasteiger partial charge is 0.480 e. The number of halogens is 2. The summed E-state index contributed by atoms with van der Waals surface area (Å²) < 4.78 is 0. The fourth-order valence-electron chi connectivity index (χ4n) is 1.08. The highest BCUT2D eigenvalue weighted by Gasteiger charge is 2.37. The normalized spacial score (nSPS) is 14.2. The Morgan fingerprint density at radius 2 is 1.79 bits per heavy atom. The number of carbonyl (C=O) groups excluding carboxylic acids is 1. The average Bonchev–Trinajstić information content (AvgIpc) is 2.21. The molecule has 0 rings (SSSR count). The molecule has 0 saturated carbocycles. The zero-order valence-corrected chi connectivity index (χ0v) is 12.6. The molecular weight excluding hydrogens is 293 g/mol. The van der Waals surface area contributed by atoms with E-state index in [-0.39, 0.29) is 31.2 Å². The number of Topliss-reactive ketones (excluding diaryl/α,β-unsaturated/α-hetero) is 1. The molecule has 0 aromatic heterocycles. The van der Waals surface area contributed by atoms with Crippen molar-refractivity contribution in [3.8, 4) is 0 Å². The van der Waals surface area contributed by atoms with Gasteiger partial charge in [0.15, 0.2) is 11.3 Å². The number of nitrogens with zero attached hydrogens (tertiary/aromatic N) is 1. The van der Waals surface area contributed by atoms with Gasteiger partial charge in [0.2, 0.25) is 0 Å². The minimum Gasteiger partial charge on any atom is -0.480 e. The maximum Gasteiger partial charge on any atom is 0.331 e. The molecule has 1 atom stereocenters. The average molecular weight is 314 g/mol. The number of carbonyl (C=O) groups is 2. The lowest BCUT2D eigenvalue weighted by atomic mass is 9.92. The number of carboxylic acids is 1. The Morgan fingerprint density at radius 1 is 1.26 bits per heavy atom.